The number of ether oxygens (including phenoxy) is 1. The molecule has 0 aliphatic heterocycles. The molecule has 4 rings (SSSR count). The molecule has 190 valence electrons. The molecule has 0 radical (unpaired) electrons. The number of nitrogens with zero attached hydrogens (tertiary/aromatic N) is 1. The first-order valence-corrected chi connectivity index (χ1v) is 12.6. The van der Waals surface area contributed by atoms with Crippen LogP contribution in [0.1, 0.15) is 49.3 Å². The van der Waals surface area contributed by atoms with Crippen LogP contribution in [-0.2, 0) is 4.79 Å². The number of benzene rings is 3. The Morgan fingerprint density at radius 1 is 1.00 bits per heavy atom. The van der Waals surface area contributed by atoms with Crippen LogP contribution in [0.3, 0.4) is 0 Å². The second kappa shape index (κ2) is 12.7. The van der Waals surface area contributed by atoms with E-state index in [1.54, 1.807) is 13.1 Å². The molecule has 0 saturated carbocycles. The summed E-state index contributed by atoms with van der Waals surface area (Å²) < 4.78 is 20.3. The summed E-state index contributed by atoms with van der Waals surface area (Å²) in [6.45, 7) is 2.75. The number of unbranched alkanes of at least 4 members (excludes halogenated alkanes) is 2. The Morgan fingerprint density at radius 2 is 1.76 bits per heavy atom. The van der Waals surface area contributed by atoms with Gasteiger partial charge in [-0.1, -0.05) is 61.5 Å². The van der Waals surface area contributed by atoms with Gasteiger partial charge in [0.05, 0.1) is 17.5 Å². The Labute approximate surface area is 217 Å². The molecule has 1 aromatic heterocycles. The first kappa shape index (κ1) is 25.9. The third-order valence-electron chi connectivity index (χ3n) is 6.27. The molecule has 0 bridgehead atoms. The molecule has 5 nitrogen and oxygen atoms in total. The number of amides is 1. The Bertz CT molecular complexity index is 1390. The molecule has 0 aliphatic rings. The molecule has 0 atom stereocenters. The Morgan fingerprint density at radius 3 is 2.49 bits per heavy atom. The highest BCUT2D eigenvalue weighted by molar-refractivity contribution is 6.00. The third-order valence-corrected chi connectivity index (χ3v) is 6.27. The third kappa shape index (κ3) is 6.53. The Hall–Kier alpha value is -4.19. The standard InChI is InChI=1S/C31H32FN3O2/c1-3-26(22-11-7-6-8-12-22)30(24-16-19-28-27(21-24)31(32)35-34-28)23-14-17-25(18-15-23)37-20-10-5-4-9-13-29(36)33-2/h6-9,11-19,21H,3-5,10,20H2,1-2H3,(H,33,36)(H,34,35)/b13-9+,30-26+. The number of hydrogen-bond acceptors (Lipinski definition) is 3. The molecule has 0 aliphatic carbocycles. The highest BCUT2D eigenvalue weighted by Gasteiger charge is 2.15. The molecule has 1 heterocycles. The van der Waals surface area contributed by atoms with Gasteiger partial charge in [-0.2, -0.15) is 9.49 Å². The minimum atomic E-state index is -0.429. The van der Waals surface area contributed by atoms with E-state index in [2.05, 4.69) is 46.7 Å². The zero-order valence-electron chi connectivity index (χ0n) is 21.3. The second-order valence-corrected chi connectivity index (χ2v) is 8.73. The highest BCUT2D eigenvalue weighted by atomic mass is 19.1. The van der Waals surface area contributed by atoms with Gasteiger partial charge < -0.3 is 10.1 Å². The van der Waals surface area contributed by atoms with Crippen molar-refractivity contribution in [3.05, 3.63) is 108 Å². The molecule has 3 aromatic carbocycles. The molecule has 0 saturated heterocycles. The van der Waals surface area contributed by atoms with Crippen molar-refractivity contribution in [1.29, 1.82) is 0 Å². The van der Waals surface area contributed by atoms with Crippen LogP contribution >= 0.6 is 0 Å². The van der Waals surface area contributed by atoms with Crippen molar-refractivity contribution in [1.82, 2.24) is 15.5 Å². The normalized spacial score (nSPS) is 12.1. The lowest BCUT2D eigenvalue weighted by Crippen LogP contribution is -2.13. The predicted molar refractivity (Wildman–Crippen MR) is 148 cm³/mol. The lowest BCUT2D eigenvalue weighted by molar-refractivity contribution is -0.116. The van der Waals surface area contributed by atoms with Crippen molar-refractivity contribution in [2.75, 3.05) is 13.7 Å². The van der Waals surface area contributed by atoms with Gasteiger partial charge in [-0.15, -0.1) is 0 Å². The number of halogens is 1. The average Bonchev–Trinajstić information content (AvgIpc) is 3.31. The lowest BCUT2D eigenvalue weighted by Gasteiger charge is -2.17. The number of H-pyrrole nitrogens is 1. The lowest BCUT2D eigenvalue weighted by atomic mass is 9.88. The number of carbonyl (C=O) groups excluding carboxylic acids is 1. The van der Waals surface area contributed by atoms with Crippen LogP contribution in [0.4, 0.5) is 4.39 Å². The molecule has 0 fully saturated rings. The van der Waals surface area contributed by atoms with Gasteiger partial charge in [0.25, 0.3) is 0 Å². The van der Waals surface area contributed by atoms with Crippen molar-refractivity contribution >= 4 is 28.0 Å². The minimum Gasteiger partial charge on any atom is -0.494 e. The number of allylic oxidation sites excluding steroid dienone is 2. The monoisotopic (exact) mass is 497 g/mol. The minimum absolute atomic E-state index is 0.0851. The van der Waals surface area contributed by atoms with Crippen molar-refractivity contribution in [2.24, 2.45) is 0 Å². The van der Waals surface area contributed by atoms with Crippen molar-refractivity contribution in [3.63, 3.8) is 0 Å². The molecule has 4 aromatic rings. The average molecular weight is 498 g/mol. The van der Waals surface area contributed by atoms with E-state index < -0.39 is 5.95 Å². The van der Waals surface area contributed by atoms with Crippen LogP contribution in [0, 0.1) is 5.95 Å². The van der Waals surface area contributed by atoms with E-state index >= 15 is 0 Å². The maximum absolute atomic E-state index is 14.3. The maximum atomic E-state index is 14.3. The SMILES string of the molecule is CC/C(=C(/c1ccc(OCCCC/C=C/C(=O)NC)cc1)c1ccc2n[nH]c(F)c2c1)c1ccccc1. The van der Waals surface area contributed by atoms with E-state index in [-0.39, 0.29) is 5.91 Å². The van der Waals surface area contributed by atoms with Crippen LogP contribution in [0.2, 0.25) is 0 Å². The topological polar surface area (TPSA) is 67.0 Å². The van der Waals surface area contributed by atoms with E-state index in [0.29, 0.717) is 17.5 Å². The highest BCUT2D eigenvalue weighted by Crippen LogP contribution is 2.36. The number of nitrogens with one attached hydrogen (secondary N) is 2. The summed E-state index contributed by atoms with van der Waals surface area (Å²) in [6.07, 6.45) is 6.94. The molecule has 0 spiro atoms. The van der Waals surface area contributed by atoms with Crippen molar-refractivity contribution < 1.29 is 13.9 Å². The fraction of sp³-hybridized carbons (Fsp3) is 0.226. The summed E-state index contributed by atoms with van der Waals surface area (Å²) in [5.41, 5.74) is 5.96. The number of aromatic amines is 1. The summed E-state index contributed by atoms with van der Waals surface area (Å²) >= 11 is 0. The van der Waals surface area contributed by atoms with E-state index in [1.165, 1.54) is 5.57 Å². The summed E-state index contributed by atoms with van der Waals surface area (Å²) in [5.74, 6) is 0.290. The molecule has 37 heavy (non-hydrogen) atoms. The summed E-state index contributed by atoms with van der Waals surface area (Å²) in [5, 5.41) is 9.51. The maximum Gasteiger partial charge on any atom is 0.243 e. The van der Waals surface area contributed by atoms with Gasteiger partial charge in [0, 0.05) is 7.05 Å². The number of likely N-dealkylation sites (N-methyl/N-ethyl adjacent to an activating group) is 1. The van der Waals surface area contributed by atoms with E-state index in [1.807, 2.05) is 54.6 Å². The largest absolute Gasteiger partial charge is 0.494 e. The molecular formula is C31H32FN3O2. The number of carbonyl (C=O) groups is 1. The molecule has 6 heteroatoms. The van der Waals surface area contributed by atoms with Crippen LogP contribution in [0.25, 0.3) is 22.0 Å². The Kier molecular flexibility index (Phi) is 8.87. The van der Waals surface area contributed by atoms with E-state index in [9.17, 15) is 9.18 Å². The molecule has 0 unspecified atom stereocenters. The summed E-state index contributed by atoms with van der Waals surface area (Å²) in [4.78, 5) is 11.2. The number of fused-ring (bicyclic) bond motifs is 1. The number of hydrogen-bond donors (Lipinski definition) is 2. The summed E-state index contributed by atoms with van der Waals surface area (Å²) in [6, 6.07) is 24.1. The van der Waals surface area contributed by atoms with Crippen LogP contribution in [-0.4, -0.2) is 29.8 Å². The Balaban J connectivity index is 1.56. The molecular weight excluding hydrogens is 465 g/mol. The van der Waals surface area contributed by atoms with Gasteiger partial charge in [-0.25, -0.2) is 0 Å². The van der Waals surface area contributed by atoms with Gasteiger partial charge >= 0.3 is 0 Å². The van der Waals surface area contributed by atoms with Crippen molar-refractivity contribution in [3.8, 4) is 5.75 Å². The van der Waals surface area contributed by atoms with Crippen molar-refractivity contribution in [2.45, 2.75) is 32.6 Å². The van der Waals surface area contributed by atoms with E-state index in [4.69, 9.17) is 4.74 Å². The zero-order chi connectivity index (χ0) is 26.0. The predicted octanol–water partition coefficient (Wildman–Crippen LogP) is 6.92. The number of rotatable bonds is 11. The zero-order valence-corrected chi connectivity index (χ0v) is 21.3. The quantitative estimate of drug-likeness (QED) is 0.134. The van der Waals surface area contributed by atoms with Crippen LogP contribution in [0.5, 0.6) is 5.75 Å². The van der Waals surface area contributed by atoms with Gasteiger partial charge in [-0.3, -0.25) is 9.89 Å². The molecule has 2 N–H and O–H groups in total. The first-order valence-electron chi connectivity index (χ1n) is 12.6. The fourth-order valence-corrected chi connectivity index (χ4v) is 4.36. The first-order chi connectivity index (χ1) is 18.1. The van der Waals surface area contributed by atoms with Gasteiger partial charge in [0.15, 0.2) is 0 Å². The van der Waals surface area contributed by atoms with Gasteiger partial charge in [-0.05, 0) is 83.9 Å². The summed E-state index contributed by atoms with van der Waals surface area (Å²) in [7, 11) is 1.62. The second-order valence-electron chi connectivity index (χ2n) is 8.73. The van der Waals surface area contributed by atoms with E-state index in [0.717, 1.165) is 53.7 Å². The van der Waals surface area contributed by atoms with Gasteiger partial charge in [0.2, 0.25) is 11.9 Å². The van der Waals surface area contributed by atoms with Gasteiger partial charge in [0.1, 0.15) is 5.75 Å². The molecule has 1 amide bonds. The van der Waals surface area contributed by atoms with Crippen LogP contribution in [0.15, 0.2) is 84.9 Å². The van der Waals surface area contributed by atoms with Crippen LogP contribution < -0.4 is 10.1 Å². The fourth-order valence-electron chi connectivity index (χ4n) is 4.36. The smallest absolute Gasteiger partial charge is 0.243 e. The number of aromatic nitrogens is 2.